The van der Waals surface area contributed by atoms with Gasteiger partial charge >= 0.3 is 0 Å². The van der Waals surface area contributed by atoms with E-state index in [0.29, 0.717) is 11.3 Å². The third kappa shape index (κ3) is 4.11. The van der Waals surface area contributed by atoms with E-state index in [1.54, 1.807) is 37.5 Å². The highest BCUT2D eigenvalue weighted by molar-refractivity contribution is 5.93. The second-order valence-corrected chi connectivity index (χ2v) is 6.37. The minimum Gasteiger partial charge on any atom is -0.330 e. The molecule has 1 saturated heterocycles. The van der Waals surface area contributed by atoms with Gasteiger partial charge in [-0.15, -0.1) is 0 Å². The van der Waals surface area contributed by atoms with Crippen molar-refractivity contribution < 1.29 is 14.1 Å². The van der Waals surface area contributed by atoms with Gasteiger partial charge in [0.2, 0.25) is 5.95 Å². The fourth-order valence-electron chi connectivity index (χ4n) is 2.99. The van der Waals surface area contributed by atoms with Crippen LogP contribution < -0.4 is 15.1 Å². The number of nitrogens with one attached hydrogen (secondary N) is 2. The van der Waals surface area contributed by atoms with Crippen LogP contribution >= 0.6 is 0 Å². The van der Waals surface area contributed by atoms with Crippen molar-refractivity contribution in [1.29, 1.82) is 0 Å². The van der Waals surface area contributed by atoms with Crippen molar-refractivity contribution >= 4 is 17.5 Å². The Morgan fingerprint density at radius 1 is 1.28 bits per heavy atom. The van der Waals surface area contributed by atoms with Crippen LogP contribution in [0, 0.1) is 12.7 Å². The van der Waals surface area contributed by atoms with Crippen molar-refractivity contribution in [3.8, 4) is 0 Å². The Labute approximate surface area is 146 Å². The van der Waals surface area contributed by atoms with Crippen LogP contribution in [0.5, 0.6) is 0 Å². The lowest BCUT2D eigenvalue weighted by molar-refractivity contribution is -0.914. The van der Waals surface area contributed by atoms with E-state index in [1.807, 2.05) is 6.92 Å². The maximum atomic E-state index is 13.6. The summed E-state index contributed by atoms with van der Waals surface area (Å²) in [4.78, 5) is 24.3. The van der Waals surface area contributed by atoms with E-state index in [0.717, 1.165) is 32.1 Å². The smallest absolute Gasteiger partial charge is 0.282 e. The average Bonchev–Trinajstić information content (AvgIpc) is 2.65. The average molecular weight is 344 g/mol. The lowest BCUT2D eigenvalue weighted by atomic mass is 10.2. The zero-order chi connectivity index (χ0) is 17.8. The molecule has 1 aromatic heterocycles. The van der Waals surface area contributed by atoms with Gasteiger partial charge in [-0.05, 0) is 37.6 Å². The molecule has 0 aliphatic carbocycles. The quantitative estimate of drug-likeness (QED) is 0.855. The van der Waals surface area contributed by atoms with Gasteiger partial charge in [0.25, 0.3) is 5.91 Å². The number of aromatic nitrogens is 2. The van der Waals surface area contributed by atoms with Crippen LogP contribution in [-0.4, -0.2) is 48.1 Å². The first-order chi connectivity index (χ1) is 12.0. The number of halogens is 1. The van der Waals surface area contributed by atoms with Crippen molar-refractivity contribution in [1.82, 2.24) is 9.97 Å². The number of hydrogen-bond donors (Lipinski definition) is 2. The minimum atomic E-state index is -0.311. The number of anilines is 2. The summed E-state index contributed by atoms with van der Waals surface area (Å²) >= 11 is 0. The fourth-order valence-corrected chi connectivity index (χ4v) is 2.99. The number of benzene rings is 1. The number of hydrogen-bond acceptors (Lipinski definition) is 4. The topological polar surface area (TPSA) is 62.6 Å². The van der Waals surface area contributed by atoms with Gasteiger partial charge in [0.05, 0.1) is 26.2 Å². The number of amides is 1. The van der Waals surface area contributed by atoms with E-state index in [2.05, 4.69) is 20.2 Å². The van der Waals surface area contributed by atoms with Crippen molar-refractivity contribution in [3.63, 3.8) is 0 Å². The van der Waals surface area contributed by atoms with Crippen LogP contribution in [0.2, 0.25) is 0 Å². The second-order valence-electron chi connectivity index (χ2n) is 6.37. The molecule has 1 aliphatic heterocycles. The molecule has 0 bridgehead atoms. The molecule has 2 N–H and O–H groups in total. The third-order valence-corrected chi connectivity index (χ3v) is 4.69. The molecule has 1 aliphatic rings. The first kappa shape index (κ1) is 17.3. The number of aryl methyl sites for hydroxylation is 1. The zero-order valence-corrected chi connectivity index (χ0v) is 14.5. The molecular weight excluding hydrogens is 321 g/mol. The van der Waals surface area contributed by atoms with Crippen LogP contribution in [0.1, 0.15) is 12.5 Å². The molecule has 0 unspecified atom stereocenters. The van der Waals surface area contributed by atoms with E-state index in [-0.39, 0.29) is 17.8 Å². The van der Waals surface area contributed by atoms with Crippen LogP contribution in [-0.2, 0) is 4.79 Å². The Morgan fingerprint density at radius 2 is 1.96 bits per heavy atom. The summed E-state index contributed by atoms with van der Waals surface area (Å²) in [5.41, 5.74) is 1.06. The summed E-state index contributed by atoms with van der Waals surface area (Å²) < 4.78 is 13.6. The molecule has 1 aromatic carbocycles. The molecule has 25 heavy (non-hydrogen) atoms. The number of carbonyl (C=O) groups is 1. The minimum absolute atomic E-state index is 0.0948. The van der Waals surface area contributed by atoms with Gasteiger partial charge in [-0.3, -0.25) is 4.79 Å². The molecule has 1 fully saturated rings. The second kappa shape index (κ2) is 7.57. The standard InChI is InChI=1S/C18H22FN5O/c1-13-4-5-15(12-16(13)19)22-17(25)14(2)23-8-10-24(11-9-23)18-20-6-3-7-21-18/h3-7,12,14H,8-11H2,1-2H3,(H,22,25)/p+1/t14-/m0/s1. The van der Waals surface area contributed by atoms with E-state index in [1.165, 1.54) is 11.0 Å². The monoisotopic (exact) mass is 344 g/mol. The molecule has 2 heterocycles. The Kier molecular flexibility index (Phi) is 5.23. The predicted molar refractivity (Wildman–Crippen MR) is 94.2 cm³/mol. The molecule has 2 aromatic rings. The summed E-state index contributed by atoms with van der Waals surface area (Å²) in [6.45, 7) is 6.87. The maximum Gasteiger partial charge on any atom is 0.282 e. The van der Waals surface area contributed by atoms with Gasteiger partial charge in [0.15, 0.2) is 6.04 Å². The highest BCUT2D eigenvalue weighted by atomic mass is 19.1. The molecule has 7 heteroatoms. The van der Waals surface area contributed by atoms with Gasteiger partial charge in [0, 0.05) is 18.1 Å². The fraction of sp³-hybridized carbons (Fsp3) is 0.389. The summed E-state index contributed by atoms with van der Waals surface area (Å²) in [7, 11) is 0. The molecule has 1 atom stereocenters. The van der Waals surface area contributed by atoms with Crippen molar-refractivity contribution in [3.05, 3.63) is 48.0 Å². The zero-order valence-electron chi connectivity index (χ0n) is 14.5. The predicted octanol–water partition coefficient (Wildman–Crippen LogP) is 0.656. The van der Waals surface area contributed by atoms with Gasteiger partial charge in [-0.25, -0.2) is 14.4 Å². The molecular formula is C18H23FN5O+. The van der Waals surface area contributed by atoms with Gasteiger partial charge in [-0.1, -0.05) is 6.07 Å². The van der Waals surface area contributed by atoms with Gasteiger partial charge < -0.3 is 15.1 Å². The number of piperazine rings is 1. The van der Waals surface area contributed by atoms with Crippen molar-refractivity contribution in [2.45, 2.75) is 19.9 Å². The third-order valence-electron chi connectivity index (χ3n) is 4.69. The summed E-state index contributed by atoms with van der Waals surface area (Å²) in [5.74, 6) is 0.325. The molecule has 6 nitrogen and oxygen atoms in total. The SMILES string of the molecule is Cc1ccc(NC(=O)[C@H](C)[NH+]2CCN(c3ncccn3)CC2)cc1F. The Hall–Kier alpha value is -2.54. The number of nitrogens with zero attached hydrogens (tertiary/aromatic N) is 3. The highest BCUT2D eigenvalue weighted by Gasteiger charge is 2.30. The summed E-state index contributed by atoms with van der Waals surface area (Å²) in [6.07, 6.45) is 3.47. The largest absolute Gasteiger partial charge is 0.330 e. The van der Waals surface area contributed by atoms with E-state index in [9.17, 15) is 9.18 Å². The van der Waals surface area contributed by atoms with Crippen LogP contribution in [0.15, 0.2) is 36.7 Å². The van der Waals surface area contributed by atoms with Crippen molar-refractivity contribution in [2.24, 2.45) is 0 Å². The molecule has 3 rings (SSSR count). The normalized spacial score (nSPS) is 16.5. The number of carbonyl (C=O) groups excluding carboxylic acids is 1. The first-order valence-electron chi connectivity index (χ1n) is 8.48. The molecule has 0 spiro atoms. The van der Waals surface area contributed by atoms with E-state index >= 15 is 0 Å². The molecule has 0 saturated carbocycles. The Balaban J connectivity index is 1.55. The van der Waals surface area contributed by atoms with Crippen molar-refractivity contribution in [2.75, 3.05) is 36.4 Å². The van der Waals surface area contributed by atoms with E-state index in [4.69, 9.17) is 0 Å². The van der Waals surface area contributed by atoms with Crippen LogP contribution in [0.3, 0.4) is 0 Å². The maximum absolute atomic E-state index is 13.6. The summed E-state index contributed by atoms with van der Waals surface area (Å²) in [6, 6.07) is 6.35. The van der Waals surface area contributed by atoms with Crippen LogP contribution in [0.4, 0.5) is 16.0 Å². The van der Waals surface area contributed by atoms with Gasteiger partial charge in [-0.2, -0.15) is 0 Å². The summed E-state index contributed by atoms with van der Waals surface area (Å²) in [5, 5.41) is 2.81. The molecule has 132 valence electrons. The Morgan fingerprint density at radius 3 is 2.60 bits per heavy atom. The molecule has 0 radical (unpaired) electrons. The van der Waals surface area contributed by atoms with Crippen LogP contribution in [0.25, 0.3) is 0 Å². The molecule has 1 amide bonds. The van der Waals surface area contributed by atoms with Gasteiger partial charge in [0.1, 0.15) is 5.82 Å². The lowest BCUT2D eigenvalue weighted by Crippen LogP contribution is -3.19. The Bertz CT molecular complexity index is 732. The first-order valence-corrected chi connectivity index (χ1v) is 8.48. The number of rotatable bonds is 4. The lowest BCUT2D eigenvalue weighted by Gasteiger charge is -2.34. The number of quaternary nitrogens is 1. The highest BCUT2D eigenvalue weighted by Crippen LogP contribution is 2.13. The van der Waals surface area contributed by atoms with E-state index < -0.39 is 0 Å².